The zero-order valence-corrected chi connectivity index (χ0v) is 11.8. The van der Waals surface area contributed by atoms with Gasteiger partial charge in [0.05, 0.1) is 0 Å². The van der Waals surface area contributed by atoms with Gasteiger partial charge in [0, 0.05) is 6.04 Å². The minimum atomic E-state index is 0.424. The Hall–Kier alpha value is -0.820. The smallest absolute Gasteiger partial charge is 0.0130 e. The quantitative estimate of drug-likeness (QED) is 0.834. The lowest BCUT2D eigenvalue weighted by molar-refractivity contribution is 0.0491. The Kier molecular flexibility index (Phi) is 3.31. The molecular weight excluding hydrogens is 206 g/mol. The fourth-order valence-corrected chi connectivity index (χ4v) is 3.43. The van der Waals surface area contributed by atoms with Crippen LogP contribution in [0.3, 0.4) is 0 Å². The van der Waals surface area contributed by atoms with Crippen molar-refractivity contribution in [1.82, 2.24) is 5.32 Å². The molecular formula is C16H25N. The third-order valence-corrected chi connectivity index (χ3v) is 5.20. The summed E-state index contributed by atoms with van der Waals surface area (Å²) in [6, 6.07) is 7.43. The molecule has 1 aliphatic rings. The second-order valence-corrected chi connectivity index (χ2v) is 5.78. The van der Waals surface area contributed by atoms with Gasteiger partial charge in [0.25, 0.3) is 0 Å². The zero-order valence-electron chi connectivity index (χ0n) is 11.8. The summed E-state index contributed by atoms with van der Waals surface area (Å²) in [6.07, 6.45) is 2.53. The van der Waals surface area contributed by atoms with Crippen LogP contribution in [0.5, 0.6) is 0 Å². The van der Waals surface area contributed by atoms with Crippen LogP contribution in [0.25, 0.3) is 0 Å². The Bertz CT molecular complexity index is 410. The topological polar surface area (TPSA) is 12.0 Å². The number of hydrogen-bond donors (Lipinski definition) is 1. The molecule has 0 radical (unpaired) electrons. The van der Waals surface area contributed by atoms with Gasteiger partial charge in [-0.05, 0) is 61.8 Å². The molecule has 0 saturated heterocycles. The third kappa shape index (κ3) is 1.81. The van der Waals surface area contributed by atoms with Crippen LogP contribution < -0.4 is 5.32 Å². The van der Waals surface area contributed by atoms with Crippen molar-refractivity contribution in [3.05, 3.63) is 34.9 Å². The van der Waals surface area contributed by atoms with Crippen molar-refractivity contribution in [3.8, 4) is 0 Å². The maximum atomic E-state index is 3.48. The lowest BCUT2D eigenvalue weighted by Gasteiger charge is -2.55. The van der Waals surface area contributed by atoms with Crippen molar-refractivity contribution in [3.63, 3.8) is 0 Å². The Morgan fingerprint density at radius 1 is 1.35 bits per heavy atom. The van der Waals surface area contributed by atoms with Crippen LogP contribution in [-0.4, -0.2) is 13.1 Å². The molecule has 17 heavy (non-hydrogen) atoms. The van der Waals surface area contributed by atoms with Gasteiger partial charge in [0.15, 0.2) is 0 Å². The molecule has 1 aromatic rings. The second-order valence-electron chi connectivity index (χ2n) is 5.78. The summed E-state index contributed by atoms with van der Waals surface area (Å²) in [5.74, 6) is 0.727. The Morgan fingerprint density at radius 2 is 2.06 bits per heavy atom. The summed E-state index contributed by atoms with van der Waals surface area (Å²) in [5, 5.41) is 3.48. The van der Waals surface area contributed by atoms with E-state index in [1.54, 1.807) is 5.56 Å². The van der Waals surface area contributed by atoms with Gasteiger partial charge in [-0.15, -0.1) is 0 Å². The predicted octanol–water partition coefficient (Wildman–Crippen LogP) is 3.80. The van der Waals surface area contributed by atoms with Crippen molar-refractivity contribution >= 4 is 0 Å². The molecule has 1 fully saturated rings. The van der Waals surface area contributed by atoms with Gasteiger partial charge in [-0.2, -0.15) is 0 Å². The minimum absolute atomic E-state index is 0.424. The van der Waals surface area contributed by atoms with Crippen LogP contribution in [0.15, 0.2) is 18.2 Å². The number of rotatable bonds is 3. The van der Waals surface area contributed by atoms with Crippen molar-refractivity contribution in [2.75, 3.05) is 7.05 Å². The summed E-state index contributed by atoms with van der Waals surface area (Å²) in [6.45, 7) is 9.25. The Balaban J connectivity index is 2.33. The molecule has 0 aliphatic heterocycles. The zero-order chi connectivity index (χ0) is 12.6. The number of hydrogen-bond acceptors (Lipinski definition) is 1. The lowest BCUT2D eigenvalue weighted by atomic mass is 9.53. The molecule has 1 aromatic carbocycles. The van der Waals surface area contributed by atoms with Gasteiger partial charge >= 0.3 is 0 Å². The lowest BCUT2D eigenvalue weighted by Crippen LogP contribution is -2.55. The summed E-state index contributed by atoms with van der Waals surface area (Å²) < 4.78 is 0. The van der Waals surface area contributed by atoms with Crippen molar-refractivity contribution < 1.29 is 0 Å². The van der Waals surface area contributed by atoms with E-state index in [1.807, 2.05) is 0 Å². The molecule has 0 aromatic heterocycles. The first-order valence-electron chi connectivity index (χ1n) is 6.78. The van der Waals surface area contributed by atoms with E-state index in [-0.39, 0.29) is 0 Å². The largest absolute Gasteiger partial charge is 0.316 e. The van der Waals surface area contributed by atoms with Crippen LogP contribution in [0.1, 0.15) is 49.3 Å². The van der Waals surface area contributed by atoms with Gasteiger partial charge in [-0.25, -0.2) is 0 Å². The highest BCUT2D eigenvalue weighted by atomic mass is 14.9. The molecule has 0 heterocycles. The van der Waals surface area contributed by atoms with E-state index in [9.17, 15) is 0 Å². The van der Waals surface area contributed by atoms with Crippen LogP contribution >= 0.6 is 0 Å². The van der Waals surface area contributed by atoms with Crippen LogP contribution in [-0.2, 0) is 0 Å². The van der Waals surface area contributed by atoms with E-state index < -0.39 is 0 Å². The molecule has 0 spiro atoms. The first kappa shape index (κ1) is 12.6. The van der Waals surface area contributed by atoms with Gasteiger partial charge < -0.3 is 5.32 Å². The molecule has 94 valence electrons. The monoisotopic (exact) mass is 231 g/mol. The molecule has 1 nitrogen and oxygen atoms in total. The van der Waals surface area contributed by atoms with Gasteiger partial charge in [-0.1, -0.05) is 32.0 Å². The first-order valence-corrected chi connectivity index (χ1v) is 6.78. The molecule has 1 heteroatoms. The van der Waals surface area contributed by atoms with Gasteiger partial charge in [-0.3, -0.25) is 0 Å². The van der Waals surface area contributed by atoms with Crippen molar-refractivity contribution in [2.24, 2.45) is 5.41 Å². The first-order chi connectivity index (χ1) is 8.04. The minimum Gasteiger partial charge on any atom is -0.316 e. The molecule has 2 rings (SSSR count). The molecule has 3 atom stereocenters. The maximum Gasteiger partial charge on any atom is 0.0130 e. The van der Waals surface area contributed by atoms with E-state index >= 15 is 0 Å². The highest BCUT2D eigenvalue weighted by Gasteiger charge is 2.50. The van der Waals surface area contributed by atoms with E-state index in [0.717, 1.165) is 5.92 Å². The van der Waals surface area contributed by atoms with E-state index in [4.69, 9.17) is 0 Å². The molecule has 1 saturated carbocycles. The van der Waals surface area contributed by atoms with Crippen LogP contribution in [0.2, 0.25) is 0 Å². The summed E-state index contributed by atoms with van der Waals surface area (Å²) in [4.78, 5) is 0. The van der Waals surface area contributed by atoms with Gasteiger partial charge in [0.2, 0.25) is 0 Å². The van der Waals surface area contributed by atoms with Crippen molar-refractivity contribution in [1.29, 1.82) is 0 Å². The molecule has 1 aliphatic carbocycles. The third-order valence-electron chi connectivity index (χ3n) is 5.20. The van der Waals surface area contributed by atoms with E-state index in [2.05, 4.69) is 58.3 Å². The fourth-order valence-electron chi connectivity index (χ4n) is 3.43. The molecule has 0 bridgehead atoms. The maximum absolute atomic E-state index is 3.48. The second kappa shape index (κ2) is 4.45. The van der Waals surface area contributed by atoms with Crippen molar-refractivity contribution in [2.45, 2.75) is 52.5 Å². The van der Waals surface area contributed by atoms with Crippen LogP contribution in [0, 0.1) is 19.3 Å². The highest BCUT2D eigenvalue weighted by Crippen LogP contribution is 2.55. The van der Waals surface area contributed by atoms with E-state index in [1.165, 1.54) is 24.0 Å². The average molecular weight is 231 g/mol. The molecule has 1 N–H and O–H groups in total. The summed E-state index contributed by atoms with van der Waals surface area (Å²) >= 11 is 0. The Morgan fingerprint density at radius 3 is 2.65 bits per heavy atom. The van der Waals surface area contributed by atoms with Gasteiger partial charge in [0.1, 0.15) is 0 Å². The highest BCUT2D eigenvalue weighted by molar-refractivity contribution is 5.39. The molecule has 3 unspecified atom stereocenters. The standard InChI is InChI=1S/C16H25N/c1-6-16(4)14(10-15(16)17-5)13-9-7-8-11(2)12(13)3/h7-9,14-15,17H,6,10H2,1-5H3. The average Bonchev–Trinajstić information content (AvgIpc) is 2.32. The Labute approximate surface area is 106 Å². The predicted molar refractivity (Wildman–Crippen MR) is 74.5 cm³/mol. The molecule has 0 amide bonds. The van der Waals surface area contributed by atoms with Crippen LogP contribution in [0.4, 0.5) is 0 Å². The SMILES string of the molecule is CCC1(C)C(NC)CC1c1cccc(C)c1C. The normalized spacial score (nSPS) is 32.3. The van der Waals surface area contributed by atoms with E-state index in [0.29, 0.717) is 11.5 Å². The summed E-state index contributed by atoms with van der Waals surface area (Å²) in [5.41, 5.74) is 4.91. The fraction of sp³-hybridized carbons (Fsp3) is 0.625. The number of benzene rings is 1. The number of nitrogens with one attached hydrogen (secondary N) is 1. The summed E-state index contributed by atoms with van der Waals surface area (Å²) in [7, 11) is 2.10. The number of aryl methyl sites for hydroxylation is 1.